The highest BCUT2D eigenvalue weighted by Gasteiger charge is 2.19. The molecule has 1 heterocycles. The molecule has 0 bridgehead atoms. The largest absolute Gasteiger partial charge is 0.487 e. The molecule has 7 heteroatoms. The number of hydrogen-bond acceptors (Lipinski definition) is 4. The number of halogens is 1. The number of carboxylic acids is 1. The maximum Gasteiger partial charge on any atom is 0.358 e. The van der Waals surface area contributed by atoms with Crippen molar-refractivity contribution >= 4 is 17.6 Å². The fraction of sp³-hybridized carbons (Fsp3) is 0.308. The van der Waals surface area contributed by atoms with E-state index in [0.29, 0.717) is 23.0 Å². The summed E-state index contributed by atoms with van der Waals surface area (Å²) in [5, 5.41) is 17.2. The van der Waals surface area contributed by atoms with Crippen molar-refractivity contribution in [3.63, 3.8) is 0 Å². The van der Waals surface area contributed by atoms with Crippen molar-refractivity contribution in [2.24, 2.45) is 0 Å². The van der Waals surface area contributed by atoms with Gasteiger partial charge in [-0.3, -0.25) is 0 Å². The summed E-state index contributed by atoms with van der Waals surface area (Å²) in [4.78, 5) is 11.1. The molecule has 0 aliphatic carbocycles. The molecule has 2 aromatic rings. The third-order valence-corrected chi connectivity index (χ3v) is 2.92. The Hall–Kier alpha value is -2.08. The van der Waals surface area contributed by atoms with Gasteiger partial charge < -0.3 is 9.84 Å². The second kappa shape index (κ2) is 6.38. The van der Waals surface area contributed by atoms with Gasteiger partial charge in [0.15, 0.2) is 5.69 Å². The third-order valence-electron chi connectivity index (χ3n) is 2.66. The van der Waals surface area contributed by atoms with E-state index in [9.17, 15) is 4.79 Å². The molecule has 106 valence electrons. The molecule has 0 spiro atoms. The van der Waals surface area contributed by atoms with Crippen molar-refractivity contribution in [1.82, 2.24) is 15.0 Å². The van der Waals surface area contributed by atoms with Gasteiger partial charge in [-0.2, -0.15) is 0 Å². The molecule has 1 aromatic heterocycles. The number of benzene rings is 1. The van der Waals surface area contributed by atoms with Gasteiger partial charge in [0.05, 0.1) is 0 Å². The van der Waals surface area contributed by atoms with Crippen molar-refractivity contribution in [2.75, 3.05) is 0 Å². The van der Waals surface area contributed by atoms with E-state index in [4.69, 9.17) is 21.4 Å². The first kappa shape index (κ1) is 14.3. The van der Waals surface area contributed by atoms with Gasteiger partial charge in [0.25, 0.3) is 0 Å². The van der Waals surface area contributed by atoms with Crippen LogP contribution in [-0.2, 0) is 13.2 Å². The highest BCUT2D eigenvalue weighted by molar-refractivity contribution is 6.30. The summed E-state index contributed by atoms with van der Waals surface area (Å²) in [6, 6.07) is 6.85. The van der Waals surface area contributed by atoms with Gasteiger partial charge in [-0.15, -0.1) is 5.10 Å². The Morgan fingerprint density at radius 1 is 1.40 bits per heavy atom. The molecule has 1 N–H and O–H groups in total. The molecular formula is C13H14ClN3O3. The van der Waals surface area contributed by atoms with Crippen LogP contribution in [0.1, 0.15) is 29.5 Å². The highest BCUT2D eigenvalue weighted by Crippen LogP contribution is 2.17. The van der Waals surface area contributed by atoms with Crippen molar-refractivity contribution < 1.29 is 14.6 Å². The maximum absolute atomic E-state index is 11.1. The Labute approximate surface area is 120 Å². The molecular weight excluding hydrogens is 282 g/mol. The quantitative estimate of drug-likeness (QED) is 0.886. The van der Waals surface area contributed by atoms with Crippen LogP contribution in [0.15, 0.2) is 24.3 Å². The molecule has 20 heavy (non-hydrogen) atoms. The highest BCUT2D eigenvalue weighted by atomic mass is 35.5. The van der Waals surface area contributed by atoms with Crippen LogP contribution in [0.4, 0.5) is 0 Å². The van der Waals surface area contributed by atoms with E-state index in [0.717, 1.165) is 6.42 Å². The summed E-state index contributed by atoms with van der Waals surface area (Å²) >= 11 is 5.79. The summed E-state index contributed by atoms with van der Waals surface area (Å²) in [7, 11) is 0. The molecule has 6 nitrogen and oxygen atoms in total. The van der Waals surface area contributed by atoms with Crippen molar-refractivity contribution in [3.05, 3.63) is 40.7 Å². The molecule has 0 amide bonds. The van der Waals surface area contributed by atoms with Crippen molar-refractivity contribution in [2.45, 2.75) is 26.5 Å². The summed E-state index contributed by atoms with van der Waals surface area (Å²) < 4.78 is 7.12. The number of hydrogen-bond donors (Lipinski definition) is 1. The summed E-state index contributed by atoms with van der Waals surface area (Å²) in [6.07, 6.45) is 0.830. The number of nitrogens with zero attached hydrogens (tertiary/aromatic N) is 3. The predicted octanol–water partition coefficient (Wildman–Crippen LogP) is 2.62. The van der Waals surface area contributed by atoms with E-state index in [1.807, 2.05) is 6.92 Å². The van der Waals surface area contributed by atoms with E-state index >= 15 is 0 Å². The van der Waals surface area contributed by atoms with Gasteiger partial charge in [0.1, 0.15) is 18.1 Å². The monoisotopic (exact) mass is 295 g/mol. The van der Waals surface area contributed by atoms with Crippen LogP contribution in [0.2, 0.25) is 5.02 Å². The Kier molecular flexibility index (Phi) is 4.57. The fourth-order valence-electron chi connectivity index (χ4n) is 1.72. The summed E-state index contributed by atoms with van der Waals surface area (Å²) in [5.41, 5.74) is 0.377. The molecule has 0 saturated heterocycles. The Morgan fingerprint density at radius 3 is 2.70 bits per heavy atom. The number of rotatable bonds is 6. The standard InChI is InChI=1S/C13H14ClN3O3/c1-2-7-17-11(12(13(18)19)15-16-17)8-20-10-5-3-9(14)4-6-10/h3-6H,2,7-8H2,1H3,(H,18,19). The van der Waals surface area contributed by atoms with Crippen LogP contribution in [0.3, 0.4) is 0 Å². The zero-order chi connectivity index (χ0) is 14.5. The van der Waals surface area contributed by atoms with E-state index < -0.39 is 5.97 Å². The van der Waals surface area contributed by atoms with E-state index in [1.54, 1.807) is 28.9 Å². The van der Waals surface area contributed by atoms with Gasteiger partial charge >= 0.3 is 5.97 Å². The number of aromatic carboxylic acids is 1. The van der Waals surface area contributed by atoms with Gasteiger partial charge in [-0.25, -0.2) is 9.48 Å². The van der Waals surface area contributed by atoms with E-state index in [-0.39, 0.29) is 12.3 Å². The molecule has 1 aromatic carbocycles. The second-order valence-corrected chi connectivity index (χ2v) is 4.59. The van der Waals surface area contributed by atoms with Crippen molar-refractivity contribution in [1.29, 1.82) is 0 Å². The van der Waals surface area contributed by atoms with Gasteiger partial charge in [-0.1, -0.05) is 23.7 Å². The minimum atomic E-state index is -1.11. The average molecular weight is 296 g/mol. The summed E-state index contributed by atoms with van der Waals surface area (Å²) in [5.74, 6) is -0.503. The summed E-state index contributed by atoms with van der Waals surface area (Å²) in [6.45, 7) is 2.67. The third kappa shape index (κ3) is 3.27. The van der Waals surface area contributed by atoms with Crippen LogP contribution in [0.5, 0.6) is 5.75 Å². The number of aromatic nitrogens is 3. The minimum absolute atomic E-state index is 0.0765. The van der Waals surface area contributed by atoms with Crippen LogP contribution in [0.25, 0.3) is 0 Å². The Bertz CT molecular complexity index is 595. The molecule has 2 rings (SSSR count). The first-order chi connectivity index (χ1) is 9.61. The predicted molar refractivity (Wildman–Crippen MR) is 73.1 cm³/mol. The molecule has 0 atom stereocenters. The van der Waals surface area contributed by atoms with Gasteiger partial charge in [0.2, 0.25) is 0 Å². The molecule has 0 aliphatic heterocycles. The molecule has 0 saturated carbocycles. The molecule has 0 aliphatic rings. The maximum atomic E-state index is 11.1. The first-order valence-electron chi connectivity index (χ1n) is 6.15. The number of carbonyl (C=O) groups is 1. The topological polar surface area (TPSA) is 77.2 Å². The Morgan fingerprint density at radius 2 is 2.10 bits per heavy atom. The number of aryl methyl sites for hydroxylation is 1. The smallest absolute Gasteiger partial charge is 0.358 e. The van der Waals surface area contributed by atoms with Crippen LogP contribution in [0, 0.1) is 0 Å². The number of ether oxygens (including phenoxy) is 1. The molecule has 0 fully saturated rings. The van der Waals surface area contributed by atoms with Gasteiger partial charge in [0, 0.05) is 11.6 Å². The van der Waals surface area contributed by atoms with Crippen LogP contribution < -0.4 is 4.74 Å². The van der Waals surface area contributed by atoms with Crippen molar-refractivity contribution in [3.8, 4) is 5.75 Å². The van der Waals surface area contributed by atoms with E-state index in [2.05, 4.69) is 10.3 Å². The minimum Gasteiger partial charge on any atom is -0.487 e. The lowest BCUT2D eigenvalue weighted by molar-refractivity contribution is 0.0687. The van der Waals surface area contributed by atoms with Crippen LogP contribution in [-0.4, -0.2) is 26.1 Å². The Balaban J connectivity index is 2.16. The zero-order valence-electron chi connectivity index (χ0n) is 10.9. The zero-order valence-corrected chi connectivity index (χ0v) is 11.7. The molecule has 0 radical (unpaired) electrons. The molecule has 0 unspecified atom stereocenters. The number of carboxylic acid groups (broad SMARTS) is 1. The SMILES string of the molecule is CCCn1nnc(C(=O)O)c1COc1ccc(Cl)cc1. The lowest BCUT2D eigenvalue weighted by Crippen LogP contribution is -2.11. The lowest BCUT2D eigenvalue weighted by Gasteiger charge is -2.08. The van der Waals surface area contributed by atoms with Gasteiger partial charge in [-0.05, 0) is 30.7 Å². The second-order valence-electron chi connectivity index (χ2n) is 4.16. The normalized spacial score (nSPS) is 10.5. The van der Waals surface area contributed by atoms with E-state index in [1.165, 1.54) is 0 Å². The van der Waals surface area contributed by atoms with Crippen LogP contribution >= 0.6 is 11.6 Å². The fourth-order valence-corrected chi connectivity index (χ4v) is 1.84. The lowest BCUT2D eigenvalue weighted by atomic mass is 10.3. The average Bonchev–Trinajstić information content (AvgIpc) is 2.82. The first-order valence-corrected chi connectivity index (χ1v) is 6.53.